The zero-order valence-electron chi connectivity index (χ0n) is 15.6. The first-order valence-electron chi connectivity index (χ1n) is 9.24. The second kappa shape index (κ2) is 7.74. The number of benzene rings is 1. The summed E-state index contributed by atoms with van der Waals surface area (Å²) in [4.78, 5) is 15.2. The third kappa shape index (κ3) is 3.70. The van der Waals surface area contributed by atoms with E-state index in [4.69, 9.17) is 5.11 Å². The topological polar surface area (TPSA) is 88.0 Å². The minimum atomic E-state index is -1.18. The van der Waals surface area contributed by atoms with Crippen molar-refractivity contribution in [2.24, 2.45) is 0 Å². The number of carbonyl (C=O) groups is 1. The number of aromatic carboxylic acids is 1. The van der Waals surface area contributed by atoms with E-state index in [0.717, 1.165) is 12.1 Å². The van der Waals surface area contributed by atoms with E-state index in [9.17, 15) is 18.0 Å². The molecule has 0 bridgehead atoms. The Morgan fingerprint density at radius 3 is 2.57 bits per heavy atom. The minimum absolute atomic E-state index is 0.0141. The molecule has 0 saturated heterocycles. The van der Waals surface area contributed by atoms with Gasteiger partial charge in [0, 0.05) is 23.7 Å². The quantitative estimate of drug-likeness (QED) is 0.634. The summed E-state index contributed by atoms with van der Waals surface area (Å²) in [6.07, 6.45) is 0.741. The lowest BCUT2D eigenvalue weighted by Gasteiger charge is -2.44. The number of carboxylic acid groups (broad SMARTS) is 1. The lowest BCUT2D eigenvalue weighted by atomic mass is 9.65. The molecule has 1 aliphatic carbocycles. The van der Waals surface area contributed by atoms with Gasteiger partial charge >= 0.3 is 5.97 Å². The van der Waals surface area contributed by atoms with Gasteiger partial charge in [0.2, 0.25) is 0 Å². The maximum Gasteiger partial charge on any atom is 0.335 e. The van der Waals surface area contributed by atoms with Gasteiger partial charge in [0.15, 0.2) is 0 Å². The van der Waals surface area contributed by atoms with Crippen LogP contribution >= 0.6 is 0 Å². The number of anilines is 1. The molecule has 1 aliphatic rings. The Kier molecular flexibility index (Phi) is 5.11. The maximum absolute atomic E-state index is 14.2. The molecule has 2 aromatic heterocycles. The van der Waals surface area contributed by atoms with E-state index in [1.807, 2.05) is 0 Å². The average Bonchev–Trinajstić information content (AvgIpc) is 2.71. The summed E-state index contributed by atoms with van der Waals surface area (Å²) in [6.45, 7) is 0.207. The predicted octanol–water partition coefficient (Wildman–Crippen LogP) is 4.00. The number of rotatable bonds is 6. The standard InChI is InChI=1S/C21H17F3N4O2/c22-13-9-21(10-13,19-16(24)2-1-7-25-19)11-26-18-6-5-17(27-28-18)14-8-12(20(29)30)3-4-15(14)23/h1-8,13H,9-11H2,(H,26,28)(H,29,30)/t13-,21-. The maximum atomic E-state index is 14.2. The Balaban J connectivity index is 1.52. The van der Waals surface area contributed by atoms with Gasteiger partial charge in [0.05, 0.1) is 17.0 Å². The van der Waals surface area contributed by atoms with Gasteiger partial charge in [0.1, 0.15) is 23.6 Å². The van der Waals surface area contributed by atoms with Crippen molar-refractivity contribution in [1.29, 1.82) is 0 Å². The molecule has 0 radical (unpaired) electrons. The molecule has 1 aromatic carbocycles. The molecule has 154 valence electrons. The van der Waals surface area contributed by atoms with Crippen molar-refractivity contribution in [2.75, 3.05) is 11.9 Å². The summed E-state index contributed by atoms with van der Waals surface area (Å²) in [5.74, 6) is -1.95. The normalized spacial score (nSPS) is 20.4. The third-order valence-electron chi connectivity index (χ3n) is 5.25. The van der Waals surface area contributed by atoms with Crippen LogP contribution in [0, 0.1) is 11.6 Å². The lowest BCUT2D eigenvalue weighted by Crippen LogP contribution is -2.49. The van der Waals surface area contributed by atoms with Crippen molar-refractivity contribution in [2.45, 2.75) is 24.4 Å². The number of hydrogen-bond acceptors (Lipinski definition) is 5. The number of nitrogens with zero attached hydrogens (tertiary/aromatic N) is 3. The largest absolute Gasteiger partial charge is 0.478 e. The van der Waals surface area contributed by atoms with Crippen LogP contribution in [0.25, 0.3) is 11.3 Å². The zero-order chi connectivity index (χ0) is 21.3. The van der Waals surface area contributed by atoms with Crippen LogP contribution in [0.2, 0.25) is 0 Å². The van der Waals surface area contributed by atoms with E-state index in [1.165, 1.54) is 30.5 Å². The fraction of sp³-hybridized carbons (Fsp3) is 0.238. The predicted molar refractivity (Wildman–Crippen MR) is 103 cm³/mol. The molecule has 4 rings (SSSR count). The highest BCUT2D eigenvalue weighted by atomic mass is 19.1. The number of halogens is 3. The molecule has 9 heteroatoms. The highest BCUT2D eigenvalue weighted by Crippen LogP contribution is 2.45. The Labute approximate surface area is 169 Å². The van der Waals surface area contributed by atoms with Crippen LogP contribution in [-0.2, 0) is 5.41 Å². The van der Waals surface area contributed by atoms with Crippen molar-refractivity contribution in [3.05, 3.63) is 71.6 Å². The van der Waals surface area contributed by atoms with Crippen LogP contribution in [0.1, 0.15) is 28.9 Å². The molecular weight excluding hydrogens is 397 g/mol. The summed E-state index contributed by atoms with van der Waals surface area (Å²) in [5, 5.41) is 20.0. The minimum Gasteiger partial charge on any atom is -0.478 e. The molecule has 30 heavy (non-hydrogen) atoms. The van der Waals surface area contributed by atoms with Gasteiger partial charge in [-0.1, -0.05) is 0 Å². The first kappa shape index (κ1) is 19.8. The fourth-order valence-corrected chi connectivity index (χ4v) is 3.67. The van der Waals surface area contributed by atoms with Crippen molar-refractivity contribution >= 4 is 11.8 Å². The van der Waals surface area contributed by atoms with Crippen LogP contribution in [0.4, 0.5) is 19.0 Å². The first-order chi connectivity index (χ1) is 14.4. The average molecular weight is 414 g/mol. The molecule has 2 heterocycles. The van der Waals surface area contributed by atoms with E-state index in [1.54, 1.807) is 6.07 Å². The van der Waals surface area contributed by atoms with E-state index < -0.39 is 29.2 Å². The van der Waals surface area contributed by atoms with E-state index in [2.05, 4.69) is 20.5 Å². The van der Waals surface area contributed by atoms with Crippen molar-refractivity contribution in [3.63, 3.8) is 0 Å². The molecule has 3 aromatic rings. The van der Waals surface area contributed by atoms with Crippen LogP contribution in [0.5, 0.6) is 0 Å². The number of hydrogen-bond donors (Lipinski definition) is 2. The molecule has 0 amide bonds. The summed E-state index contributed by atoms with van der Waals surface area (Å²) in [5.41, 5.74) is -0.462. The van der Waals surface area contributed by atoms with Crippen LogP contribution in [0.3, 0.4) is 0 Å². The van der Waals surface area contributed by atoms with E-state index in [0.29, 0.717) is 5.82 Å². The molecule has 6 nitrogen and oxygen atoms in total. The van der Waals surface area contributed by atoms with Crippen molar-refractivity contribution in [1.82, 2.24) is 15.2 Å². The second-order valence-electron chi connectivity index (χ2n) is 7.28. The monoisotopic (exact) mass is 414 g/mol. The van der Waals surface area contributed by atoms with Crippen LogP contribution in [-0.4, -0.2) is 39.0 Å². The summed E-state index contributed by atoms with van der Waals surface area (Å²) >= 11 is 0. The van der Waals surface area contributed by atoms with Gasteiger partial charge in [-0.3, -0.25) is 4.98 Å². The fourth-order valence-electron chi connectivity index (χ4n) is 3.67. The molecule has 0 unspecified atom stereocenters. The Morgan fingerprint density at radius 1 is 1.13 bits per heavy atom. The third-order valence-corrected chi connectivity index (χ3v) is 5.25. The smallest absolute Gasteiger partial charge is 0.335 e. The van der Waals surface area contributed by atoms with Crippen LogP contribution < -0.4 is 5.32 Å². The highest BCUT2D eigenvalue weighted by Gasteiger charge is 2.48. The van der Waals surface area contributed by atoms with Gasteiger partial charge in [0.25, 0.3) is 0 Å². The Hall–Kier alpha value is -3.49. The number of aromatic nitrogens is 3. The highest BCUT2D eigenvalue weighted by molar-refractivity contribution is 5.89. The van der Waals surface area contributed by atoms with Gasteiger partial charge in [-0.2, -0.15) is 0 Å². The van der Waals surface area contributed by atoms with Crippen molar-refractivity contribution < 1.29 is 23.1 Å². The molecule has 1 saturated carbocycles. The Morgan fingerprint density at radius 2 is 1.93 bits per heavy atom. The SMILES string of the molecule is O=C(O)c1ccc(F)c(-c2ccc(NC[C@]3(c4ncccc4F)C[C@H](F)C3)nn2)c1. The lowest BCUT2D eigenvalue weighted by molar-refractivity contribution is 0.0696. The number of carboxylic acids is 1. The molecule has 0 spiro atoms. The van der Waals surface area contributed by atoms with E-state index >= 15 is 0 Å². The van der Waals surface area contributed by atoms with Gasteiger partial charge < -0.3 is 10.4 Å². The molecule has 2 N–H and O–H groups in total. The van der Waals surface area contributed by atoms with Crippen molar-refractivity contribution in [3.8, 4) is 11.3 Å². The van der Waals surface area contributed by atoms with Gasteiger partial charge in [-0.05, 0) is 55.3 Å². The molecule has 0 atom stereocenters. The number of nitrogens with one attached hydrogen (secondary N) is 1. The number of pyridine rings is 1. The number of alkyl halides is 1. The zero-order valence-corrected chi connectivity index (χ0v) is 15.6. The molecular formula is C21H17F3N4O2. The summed E-state index contributed by atoms with van der Waals surface area (Å²) < 4.78 is 41.9. The Bertz CT molecular complexity index is 1090. The van der Waals surface area contributed by atoms with Crippen LogP contribution in [0.15, 0.2) is 48.7 Å². The van der Waals surface area contributed by atoms with Gasteiger partial charge in [-0.25, -0.2) is 18.0 Å². The van der Waals surface area contributed by atoms with E-state index in [-0.39, 0.29) is 41.9 Å². The first-order valence-corrected chi connectivity index (χ1v) is 9.24. The van der Waals surface area contributed by atoms with Gasteiger partial charge in [-0.15, -0.1) is 10.2 Å². The summed E-state index contributed by atoms with van der Waals surface area (Å²) in [7, 11) is 0. The molecule has 0 aliphatic heterocycles. The molecule has 1 fully saturated rings. The summed E-state index contributed by atoms with van der Waals surface area (Å²) in [6, 6.07) is 9.22. The second-order valence-corrected chi connectivity index (χ2v) is 7.28.